The minimum absolute atomic E-state index is 0.0270. The summed E-state index contributed by atoms with van der Waals surface area (Å²) in [6, 6.07) is 14.3. The van der Waals surface area contributed by atoms with E-state index in [4.69, 9.17) is 0 Å². The van der Waals surface area contributed by atoms with Crippen molar-refractivity contribution >= 4 is 22.6 Å². The maximum atomic E-state index is 11.6. The molecule has 2 amide bonds. The third-order valence-electron chi connectivity index (χ3n) is 3.24. The number of nitrogens with one attached hydrogen (secondary N) is 3. The maximum Gasteiger partial charge on any atom is 0.252 e. The number of hydrogen-bond acceptors (Lipinski definition) is 3. The lowest BCUT2D eigenvalue weighted by molar-refractivity contribution is -0.127. The van der Waals surface area contributed by atoms with Gasteiger partial charge in [0.2, 0.25) is 5.91 Å². The van der Waals surface area contributed by atoms with Crippen molar-refractivity contribution in [3.8, 4) is 0 Å². The highest BCUT2D eigenvalue weighted by atomic mass is 16.2. The molecule has 0 aliphatic rings. The predicted molar refractivity (Wildman–Crippen MR) is 82.3 cm³/mol. The lowest BCUT2D eigenvalue weighted by atomic mass is 10.00. The zero-order valence-corrected chi connectivity index (χ0v) is 12.1. The molecule has 0 heterocycles. The van der Waals surface area contributed by atoms with Gasteiger partial charge in [-0.05, 0) is 23.3 Å². The summed E-state index contributed by atoms with van der Waals surface area (Å²) < 4.78 is 0. The van der Waals surface area contributed by atoms with Gasteiger partial charge >= 0.3 is 0 Å². The van der Waals surface area contributed by atoms with Crippen molar-refractivity contribution in [3.05, 3.63) is 48.0 Å². The number of carbonyl (C=O) groups is 2. The smallest absolute Gasteiger partial charge is 0.252 e. The lowest BCUT2D eigenvalue weighted by Gasteiger charge is -2.16. The van der Waals surface area contributed by atoms with E-state index >= 15 is 0 Å². The molecule has 5 heteroatoms. The van der Waals surface area contributed by atoms with Crippen LogP contribution in [0.1, 0.15) is 25.5 Å². The van der Waals surface area contributed by atoms with E-state index in [2.05, 4.69) is 34.4 Å². The number of rotatable bonds is 4. The minimum atomic E-state index is -0.301. The molecule has 2 aromatic carbocycles. The summed E-state index contributed by atoms with van der Waals surface area (Å²) in [4.78, 5) is 22.3. The average Bonchev–Trinajstić information content (AvgIpc) is 2.50. The minimum Gasteiger partial charge on any atom is -0.302 e. The normalized spacial score (nSPS) is 11.9. The summed E-state index contributed by atoms with van der Waals surface area (Å²) >= 11 is 0. The third kappa shape index (κ3) is 4.03. The molecule has 0 radical (unpaired) electrons. The van der Waals surface area contributed by atoms with Gasteiger partial charge in [0.05, 0.1) is 6.54 Å². The first-order valence-corrected chi connectivity index (χ1v) is 6.84. The molecule has 1 atom stereocenters. The molecule has 0 aliphatic carbocycles. The van der Waals surface area contributed by atoms with Crippen molar-refractivity contribution in [2.75, 3.05) is 6.54 Å². The van der Waals surface area contributed by atoms with E-state index in [0.717, 1.165) is 5.56 Å². The van der Waals surface area contributed by atoms with E-state index in [9.17, 15) is 9.59 Å². The Hall–Kier alpha value is -2.40. The Morgan fingerprint density at radius 2 is 1.76 bits per heavy atom. The van der Waals surface area contributed by atoms with Gasteiger partial charge in [0.1, 0.15) is 0 Å². The molecule has 2 aromatic rings. The monoisotopic (exact) mass is 285 g/mol. The van der Waals surface area contributed by atoms with Gasteiger partial charge in [-0.15, -0.1) is 0 Å². The Morgan fingerprint density at radius 3 is 2.52 bits per heavy atom. The van der Waals surface area contributed by atoms with E-state index < -0.39 is 0 Å². The second-order valence-electron chi connectivity index (χ2n) is 4.90. The number of carbonyl (C=O) groups excluding carboxylic acids is 2. The first-order chi connectivity index (χ1) is 10.1. The van der Waals surface area contributed by atoms with E-state index in [-0.39, 0.29) is 24.4 Å². The summed E-state index contributed by atoms with van der Waals surface area (Å²) in [6.07, 6.45) is 0. The molecule has 3 N–H and O–H groups in total. The molecule has 0 saturated carbocycles. The van der Waals surface area contributed by atoms with Crippen molar-refractivity contribution in [1.29, 1.82) is 0 Å². The SMILES string of the molecule is CC(=O)NNC(=O)CN[C@H](C)c1cccc2ccccc12. The van der Waals surface area contributed by atoms with Crippen molar-refractivity contribution in [2.24, 2.45) is 0 Å². The van der Waals surface area contributed by atoms with Gasteiger partial charge in [-0.25, -0.2) is 0 Å². The number of amides is 2. The molecule has 21 heavy (non-hydrogen) atoms. The van der Waals surface area contributed by atoms with E-state index in [1.807, 2.05) is 31.2 Å². The fraction of sp³-hybridized carbons (Fsp3) is 0.250. The van der Waals surface area contributed by atoms with Gasteiger partial charge in [0, 0.05) is 13.0 Å². The van der Waals surface area contributed by atoms with Crippen LogP contribution in [-0.4, -0.2) is 18.4 Å². The summed E-state index contributed by atoms with van der Waals surface area (Å²) in [7, 11) is 0. The van der Waals surface area contributed by atoms with Gasteiger partial charge in [-0.3, -0.25) is 20.4 Å². The average molecular weight is 285 g/mol. The zero-order valence-electron chi connectivity index (χ0n) is 12.1. The van der Waals surface area contributed by atoms with Crippen LogP contribution in [0.2, 0.25) is 0 Å². The highest BCUT2D eigenvalue weighted by Gasteiger charge is 2.10. The molecule has 5 nitrogen and oxygen atoms in total. The van der Waals surface area contributed by atoms with E-state index in [0.29, 0.717) is 0 Å². The summed E-state index contributed by atoms with van der Waals surface area (Å²) in [5, 5.41) is 5.49. The third-order valence-corrected chi connectivity index (χ3v) is 3.24. The summed E-state index contributed by atoms with van der Waals surface area (Å²) in [6.45, 7) is 3.48. The van der Waals surface area contributed by atoms with Gasteiger partial charge < -0.3 is 5.32 Å². The highest BCUT2D eigenvalue weighted by molar-refractivity contribution is 5.86. The Balaban J connectivity index is 2.01. The van der Waals surface area contributed by atoms with Gasteiger partial charge in [-0.1, -0.05) is 42.5 Å². The summed E-state index contributed by atoms with van der Waals surface area (Å²) in [5.74, 6) is -0.581. The van der Waals surface area contributed by atoms with E-state index in [1.54, 1.807) is 0 Å². The van der Waals surface area contributed by atoms with Crippen molar-refractivity contribution in [2.45, 2.75) is 19.9 Å². The van der Waals surface area contributed by atoms with Crippen LogP contribution in [0.3, 0.4) is 0 Å². The van der Waals surface area contributed by atoms with Gasteiger partial charge in [0.15, 0.2) is 0 Å². The Bertz CT molecular complexity index is 650. The second kappa shape index (κ2) is 6.85. The lowest BCUT2D eigenvalue weighted by Crippen LogP contribution is -2.44. The Kier molecular flexibility index (Phi) is 4.90. The number of hydrogen-bond donors (Lipinski definition) is 3. The van der Waals surface area contributed by atoms with Crippen LogP contribution in [0.15, 0.2) is 42.5 Å². The van der Waals surface area contributed by atoms with Crippen LogP contribution >= 0.6 is 0 Å². The first kappa shape index (κ1) is 15.0. The topological polar surface area (TPSA) is 70.2 Å². The number of hydrazine groups is 1. The molecule has 0 spiro atoms. The molecule has 0 unspecified atom stereocenters. The molecule has 0 aliphatic heterocycles. The fourth-order valence-corrected chi connectivity index (χ4v) is 2.19. The molecule has 0 fully saturated rings. The molecule has 110 valence electrons. The standard InChI is InChI=1S/C16H19N3O2/c1-11(17-10-16(21)19-18-12(2)20)14-9-5-7-13-6-3-4-8-15(13)14/h3-9,11,17H,10H2,1-2H3,(H,18,20)(H,19,21)/t11-/m1/s1. The van der Waals surface area contributed by atoms with Crippen LogP contribution in [0, 0.1) is 0 Å². The van der Waals surface area contributed by atoms with Gasteiger partial charge in [-0.2, -0.15) is 0 Å². The van der Waals surface area contributed by atoms with Crippen LogP contribution in [0.25, 0.3) is 10.8 Å². The number of benzene rings is 2. The molecule has 0 aromatic heterocycles. The molecule has 0 bridgehead atoms. The quantitative estimate of drug-likeness (QED) is 0.748. The zero-order chi connectivity index (χ0) is 15.2. The Morgan fingerprint density at radius 1 is 1.05 bits per heavy atom. The largest absolute Gasteiger partial charge is 0.302 e. The van der Waals surface area contributed by atoms with Crippen LogP contribution in [0.5, 0.6) is 0 Å². The van der Waals surface area contributed by atoms with Crippen LogP contribution < -0.4 is 16.2 Å². The van der Waals surface area contributed by atoms with Crippen molar-refractivity contribution < 1.29 is 9.59 Å². The van der Waals surface area contributed by atoms with E-state index in [1.165, 1.54) is 17.7 Å². The highest BCUT2D eigenvalue weighted by Crippen LogP contribution is 2.23. The van der Waals surface area contributed by atoms with Crippen molar-refractivity contribution in [3.63, 3.8) is 0 Å². The van der Waals surface area contributed by atoms with Crippen molar-refractivity contribution in [1.82, 2.24) is 16.2 Å². The Labute approximate surface area is 123 Å². The molecule has 2 rings (SSSR count). The maximum absolute atomic E-state index is 11.6. The van der Waals surface area contributed by atoms with Crippen LogP contribution in [0.4, 0.5) is 0 Å². The fourth-order valence-electron chi connectivity index (χ4n) is 2.19. The molecular weight excluding hydrogens is 266 g/mol. The molecule has 0 saturated heterocycles. The summed E-state index contributed by atoms with van der Waals surface area (Å²) in [5.41, 5.74) is 5.72. The predicted octanol–water partition coefficient (Wildman–Crippen LogP) is 1.66. The number of fused-ring (bicyclic) bond motifs is 1. The van der Waals surface area contributed by atoms with Crippen LogP contribution in [-0.2, 0) is 9.59 Å². The molecular formula is C16H19N3O2. The van der Waals surface area contributed by atoms with Gasteiger partial charge in [0.25, 0.3) is 5.91 Å². The first-order valence-electron chi connectivity index (χ1n) is 6.84. The second-order valence-corrected chi connectivity index (χ2v) is 4.90.